The molecule has 166 valence electrons. The van der Waals surface area contributed by atoms with Gasteiger partial charge in [-0.3, -0.25) is 8.96 Å². The number of hydrogen-bond donors (Lipinski definition) is 1. The standard InChI is InChI=1S/C23H20F3N3O2S/c1-27-13-18-15-29(32(30)20-3-2-10-28-14-20)22-12-17(6-9-21(18)22)11-16-4-7-19(8-5-16)31-23(24,25)26/h2-10,12,14-15,27H,11,13H2,1H3. The van der Waals surface area contributed by atoms with Crippen LogP contribution in [0.4, 0.5) is 13.2 Å². The van der Waals surface area contributed by atoms with E-state index < -0.39 is 17.3 Å². The summed E-state index contributed by atoms with van der Waals surface area (Å²) in [7, 11) is 0.381. The molecule has 1 atom stereocenters. The van der Waals surface area contributed by atoms with Gasteiger partial charge in [-0.15, -0.1) is 13.2 Å². The van der Waals surface area contributed by atoms with Crippen LogP contribution in [0.2, 0.25) is 0 Å². The largest absolute Gasteiger partial charge is 0.573 e. The van der Waals surface area contributed by atoms with Crippen LogP contribution in [0.1, 0.15) is 16.7 Å². The second-order valence-electron chi connectivity index (χ2n) is 7.17. The molecule has 0 spiro atoms. The lowest BCUT2D eigenvalue weighted by Gasteiger charge is -2.10. The quantitative estimate of drug-likeness (QED) is 0.431. The van der Waals surface area contributed by atoms with Crippen molar-refractivity contribution in [3.63, 3.8) is 0 Å². The second-order valence-corrected chi connectivity index (χ2v) is 8.53. The Hall–Kier alpha value is -3.17. The molecule has 2 heterocycles. The minimum atomic E-state index is -4.72. The molecule has 0 radical (unpaired) electrons. The van der Waals surface area contributed by atoms with E-state index in [2.05, 4.69) is 15.0 Å². The van der Waals surface area contributed by atoms with Crippen LogP contribution >= 0.6 is 0 Å². The Bertz CT molecular complexity index is 1240. The molecule has 9 heteroatoms. The zero-order valence-electron chi connectivity index (χ0n) is 17.1. The SMILES string of the molecule is CNCc1cn(S(=O)c2cccnc2)c2cc(Cc3ccc(OC(F)(F)F)cc3)ccc12. The van der Waals surface area contributed by atoms with Crippen LogP contribution in [0.15, 0.2) is 78.1 Å². The van der Waals surface area contributed by atoms with E-state index in [-0.39, 0.29) is 5.75 Å². The van der Waals surface area contributed by atoms with E-state index in [1.165, 1.54) is 12.1 Å². The average Bonchev–Trinajstić information content (AvgIpc) is 3.12. The molecular formula is C23H20F3N3O2S. The number of halogens is 3. The summed E-state index contributed by atoms with van der Waals surface area (Å²) in [4.78, 5) is 4.65. The van der Waals surface area contributed by atoms with E-state index >= 15 is 0 Å². The summed E-state index contributed by atoms with van der Waals surface area (Å²) in [6.07, 6.45) is 0.872. The van der Waals surface area contributed by atoms with Crippen LogP contribution in [-0.4, -0.2) is 26.6 Å². The van der Waals surface area contributed by atoms with E-state index in [1.54, 1.807) is 40.6 Å². The molecule has 2 aromatic carbocycles. The lowest BCUT2D eigenvalue weighted by atomic mass is 10.0. The molecule has 0 saturated carbocycles. The minimum absolute atomic E-state index is 0.255. The van der Waals surface area contributed by atoms with Gasteiger partial charge in [0.15, 0.2) is 11.0 Å². The smallest absolute Gasteiger partial charge is 0.406 e. The maximum absolute atomic E-state index is 13.2. The number of fused-ring (bicyclic) bond motifs is 1. The van der Waals surface area contributed by atoms with Gasteiger partial charge < -0.3 is 10.1 Å². The molecule has 0 aliphatic heterocycles. The highest BCUT2D eigenvalue weighted by atomic mass is 32.2. The first-order valence-corrected chi connectivity index (χ1v) is 10.9. The Kier molecular flexibility index (Phi) is 6.29. The average molecular weight is 459 g/mol. The Balaban J connectivity index is 1.66. The molecule has 2 aromatic heterocycles. The van der Waals surface area contributed by atoms with Crippen molar-refractivity contribution in [2.24, 2.45) is 0 Å². The molecule has 1 unspecified atom stereocenters. The highest BCUT2D eigenvalue weighted by Crippen LogP contribution is 2.27. The van der Waals surface area contributed by atoms with Gasteiger partial charge in [0.05, 0.1) is 10.4 Å². The number of hydrogen-bond acceptors (Lipinski definition) is 4. The van der Waals surface area contributed by atoms with Gasteiger partial charge >= 0.3 is 6.36 Å². The summed E-state index contributed by atoms with van der Waals surface area (Å²) < 4.78 is 55.9. The van der Waals surface area contributed by atoms with Gasteiger partial charge in [-0.1, -0.05) is 24.3 Å². The summed E-state index contributed by atoms with van der Waals surface area (Å²) >= 11 is 0. The minimum Gasteiger partial charge on any atom is -0.406 e. The van der Waals surface area contributed by atoms with Crippen LogP contribution in [0.3, 0.4) is 0 Å². The van der Waals surface area contributed by atoms with E-state index in [9.17, 15) is 17.4 Å². The fourth-order valence-electron chi connectivity index (χ4n) is 3.50. The third-order valence-corrected chi connectivity index (χ3v) is 6.17. The van der Waals surface area contributed by atoms with E-state index in [0.29, 0.717) is 17.9 Å². The molecular weight excluding hydrogens is 439 g/mol. The van der Waals surface area contributed by atoms with Gasteiger partial charge in [0.1, 0.15) is 5.75 Å². The normalized spacial score (nSPS) is 12.8. The fourth-order valence-corrected chi connectivity index (χ4v) is 4.62. The molecule has 4 aromatic rings. The summed E-state index contributed by atoms with van der Waals surface area (Å²) in [6.45, 7) is 0.619. The Morgan fingerprint density at radius 1 is 1.09 bits per heavy atom. The molecule has 0 aliphatic carbocycles. The molecule has 0 amide bonds. The van der Waals surface area contributed by atoms with Crippen molar-refractivity contribution in [3.05, 3.63) is 89.9 Å². The van der Waals surface area contributed by atoms with Gasteiger partial charge in [0, 0.05) is 30.5 Å². The van der Waals surface area contributed by atoms with Gasteiger partial charge in [-0.05, 0) is 60.5 Å². The van der Waals surface area contributed by atoms with Crippen molar-refractivity contribution in [2.75, 3.05) is 7.05 Å². The van der Waals surface area contributed by atoms with E-state index in [4.69, 9.17) is 0 Å². The molecule has 0 fully saturated rings. The van der Waals surface area contributed by atoms with Crippen LogP contribution in [-0.2, 0) is 24.0 Å². The van der Waals surface area contributed by atoms with Crippen LogP contribution < -0.4 is 10.1 Å². The second kappa shape index (κ2) is 9.13. The highest BCUT2D eigenvalue weighted by Gasteiger charge is 2.30. The number of nitrogens with zero attached hydrogens (tertiary/aromatic N) is 2. The summed E-state index contributed by atoms with van der Waals surface area (Å²) in [6, 6.07) is 15.2. The topological polar surface area (TPSA) is 56.2 Å². The monoisotopic (exact) mass is 459 g/mol. The number of pyridine rings is 1. The summed E-state index contributed by atoms with van der Waals surface area (Å²) in [5.74, 6) is -0.255. The number of aromatic nitrogens is 2. The Labute approximate surface area is 185 Å². The molecule has 1 N–H and O–H groups in total. The summed E-state index contributed by atoms with van der Waals surface area (Å²) in [5.41, 5.74) is 3.60. The molecule has 32 heavy (non-hydrogen) atoms. The van der Waals surface area contributed by atoms with Crippen LogP contribution in [0, 0.1) is 0 Å². The lowest BCUT2D eigenvalue weighted by Crippen LogP contribution is -2.17. The number of benzene rings is 2. The predicted molar refractivity (Wildman–Crippen MR) is 117 cm³/mol. The molecule has 0 aliphatic rings. The van der Waals surface area contributed by atoms with Crippen molar-refractivity contribution < 1.29 is 22.1 Å². The van der Waals surface area contributed by atoms with E-state index in [0.717, 1.165) is 27.6 Å². The first-order chi connectivity index (χ1) is 15.3. The number of ether oxygens (including phenoxy) is 1. The van der Waals surface area contributed by atoms with Crippen molar-refractivity contribution in [1.29, 1.82) is 0 Å². The van der Waals surface area contributed by atoms with Crippen LogP contribution in [0.25, 0.3) is 10.9 Å². The number of rotatable bonds is 7. The van der Waals surface area contributed by atoms with Crippen LogP contribution in [0.5, 0.6) is 5.75 Å². The van der Waals surface area contributed by atoms with Gasteiger partial charge in [-0.2, -0.15) is 0 Å². The zero-order chi connectivity index (χ0) is 22.7. The maximum Gasteiger partial charge on any atom is 0.573 e. The fraction of sp³-hybridized carbons (Fsp3) is 0.174. The molecule has 4 rings (SSSR count). The predicted octanol–water partition coefficient (Wildman–Crippen LogP) is 4.82. The first-order valence-electron chi connectivity index (χ1n) is 9.78. The Morgan fingerprint density at radius 3 is 2.50 bits per heavy atom. The van der Waals surface area contributed by atoms with Crippen molar-refractivity contribution in [2.45, 2.75) is 24.2 Å². The van der Waals surface area contributed by atoms with Gasteiger partial charge in [0.2, 0.25) is 0 Å². The van der Waals surface area contributed by atoms with Gasteiger partial charge in [-0.25, -0.2) is 4.21 Å². The Morgan fingerprint density at radius 2 is 1.84 bits per heavy atom. The zero-order valence-corrected chi connectivity index (χ0v) is 17.9. The maximum atomic E-state index is 13.2. The first kappa shape index (κ1) is 22.0. The molecule has 5 nitrogen and oxygen atoms in total. The van der Waals surface area contributed by atoms with E-state index in [1.807, 2.05) is 31.4 Å². The lowest BCUT2D eigenvalue weighted by molar-refractivity contribution is -0.274. The third kappa shape index (κ3) is 5.00. The summed E-state index contributed by atoms with van der Waals surface area (Å²) in [5, 5.41) is 4.11. The molecule has 0 bridgehead atoms. The van der Waals surface area contributed by atoms with Crippen molar-refractivity contribution >= 4 is 21.9 Å². The van der Waals surface area contributed by atoms with Crippen molar-refractivity contribution in [1.82, 2.24) is 14.3 Å². The molecule has 0 saturated heterocycles. The van der Waals surface area contributed by atoms with Crippen molar-refractivity contribution in [3.8, 4) is 5.75 Å². The highest BCUT2D eigenvalue weighted by molar-refractivity contribution is 7.83. The number of nitrogens with one attached hydrogen (secondary N) is 1. The number of alkyl halides is 3. The van der Waals surface area contributed by atoms with Gasteiger partial charge in [0.25, 0.3) is 0 Å². The third-order valence-electron chi connectivity index (χ3n) is 4.87.